The van der Waals surface area contributed by atoms with E-state index in [1.807, 2.05) is 0 Å². The molecule has 2 aromatic heterocycles. The number of amides is 2. The number of phosphoric ester groups is 3. The fourth-order valence-electron chi connectivity index (χ4n) is 5.15. The van der Waals surface area contributed by atoms with E-state index in [1.165, 1.54) is 25.6 Å². The zero-order chi connectivity index (χ0) is 43.9. The number of nitrogens with zero attached hydrogens (tertiary/aromatic N) is 5. The number of fused-ring (bicyclic) bond motifs is 1. The first-order chi connectivity index (χ1) is 27.4. The van der Waals surface area contributed by atoms with Crippen molar-refractivity contribution >= 4 is 85.9 Å². The molecule has 8 atom stereocenters. The van der Waals surface area contributed by atoms with E-state index in [1.54, 1.807) is 13.0 Å². The number of nitrogen functional groups attached to an aromatic ring is 1. The molecule has 0 aromatic carbocycles. The number of ether oxygens (including phenoxy) is 1. The molecule has 12 N–H and O–H groups in total. The minimum absolute atomic E-state index is 0.0266. The van der Waals surface area contributed by atoms with Crippen LogP contribution in [0.2, 0.25) is 0 Å². The molecule has 4 rings (SSSR count). The minimum Gasteiger partial charge on any atom is -0.397 e. The van der Waals surface area contributed by atoms with Crippen LogP contribution in [0.3, 0.4) is 0 Å². The maximum atomic E-state index is 12.7. The number of allylic oxidation sites excluding steroid dienone is 1. The first-order valence-corrected chi connectivity index (χ1v) is 23.6. The third-order valence-electron chi connectivity index (χ3n) is 8.23. The molecule has 0 radical (unpaired) electrons. The van der Waals surface area contributed by atoms with E-state index in [4.69, 9.17) is 25.3 Å². The Hall–Kier alpha value is -2.88. The van der Waals surface area contributed by atoms with Gasteiger partial charge in [0.25, 0.3) is 0 Å². The summed E-state index contributed by atoms with van der Waals surface area (Å²) in [6.45, 7) is 2.15. The highest BCUT2D eigenvalue weighted by molar-refractivity contribution is 8.16. The molecule has 59 heavy (non-hydrogen) atoms. The maximum absolute atomic E-state index is 12.7. The van der Waals surface area contributed by atoms with Crippen LogP contribution in [0.1, 0.15) is 33.4 Å². The highest BCUT2D eigenvalue weighted by atomic mass is 32.2. The number of anilines is 1. The number of nitrogens with one attached hydrogen (secondary N) is 2. The molecule has 0 saturated carbocycles. The molecular weight excluding hydrogens is 891 g/mol. The Kier molecular flexibility index (Phi) is 16.8. The molecule has 26 nitrogen and oxygen atoms in total. The second kappa shape index (κ2) is 20.3. The zero-order valence-electron chi connectivity index (χ0n) is 31.4. The van der Waals surface area contributed by atoms with Crippen molar-refractivity contribution < 1.29 is 80.5 Å². The number of rotatable bonds is 21. The van der Waals surface area contributed by atoms with Crippen molar-refractivity contribution in [1.82, 2.24) is 30.2 Å². The molecule has 0 bridgehead atoms. The first kappa shape index (κ1) is 48.8. The summed E-state index contributed by atoms with van der Waals surface area (Å²) < 4.78 is 62.2. The summed E-state index contributed by atoms with van der Waals surface area (Å²) in [5.41, 5.74) is 10.6. The number of carbonyl (C=O) groups is 3. The predicted molar refractivity (Wildman–Crippen MR) is 209 cm³/mol. The van der Waals surface area contributed by atoms with Crippen LogP contribution in [-0.4, -0.2) is 140 Å². The molecule has 330 valence electrons. The number of aromatic nitrogens is 4. The van der Waals surface area contributed by atoms with Crippen molar-refractivity contribution in [3.05, 3.63) is 24.4 Å². The number of aliphatic hydroxyl groups is 2. The average molecular weight is 936 g/mol. The summed E-state index contributed by atoms with van der Waals surface area (Å²) in [6.07, 6.45) is -5.29. The molecule has 2 aromatic rings. The lowest BCUT2D eigenvalue weighted by Gasteiger charge is -2.30. The van der Waals surface area contributed by atoms with Crippen molar-refractivity contribution in [2.75, 3.05) is 43.5 Å². The Morgan fingerprint density at radius 3 is 2.49 bits per heavy atom. The van der Waals surface area contributed by atoms with Gasteiger partial charge in [-0.1, -0.05) is 31.7 Å². The minimum atomic E-state index is -5.58. The third kappa shape index (κ3) is 13.8. The molecule has 31 heteroatoms. The van der Waals surface area contributed by atoms with Gasteiger partial charge in [-0.05, 0) is 6.92 Å². The van der Waals surface area contributed by atoms with Gasteiger partial charge in [0.15, 0.2) is 17.7 Å². The van der Waals surface area contributed by atoms with Crippen LogP contribution in [0.15, 0.2) is 29.4 Å². The molecule has 4 heterocycles. The van der Waals surface area contributed by atoms with E-state index in [0.29, 0.717) is 16.5 Å². The Balaban J connectivity index is 1.21. The quantitative estimate of drug-likeness (QED) is 0.0532. The fraction of sp³-hybridized carbons (Fsp3) is 0.607. The summed E-state index contributed by atoms with van der Waals surface area (Å²) in [7, 11) is -16.4. The molecule has 8 unspecified atom stereocenters. The lowest BCUT2D eigenvalue weighted by Crippen LogP contribution is -2.46. The van der Waals surface area contributed by atoms with Gasteiger partial charge in [-0.15, -0.1) is 11.8 Å². The number of nitrogens with two attached hydrogens (primary N) is 2. The Morgan fingerprint density at radius 2 is 1.81 bits per heavy atom. The van der Waals surface area contributed by atoms with E-state index in [9.17, 15) is 57.9 Å². The highest BCUT2D eigenvalue weighted by Gasteiger charge is 2.50. The lowest BCUT2D eigenvalue weighted by molar-refractivity contribution is -0.137. The van der Waals surface area contributed by atoms with Crippen LogP contribution < -0.4 is 22.1 Å². The fourth-order valence-corrected chi connectivity index (χ4v) is 9.85. The number of aliphatic hydroxyl groups excluding tert-OH is 2. The van der Waals surface area contributed by atoms with Crippen LogP contribution in [0.25, 0.3) is 11.2 Å². The summed E-state index contributed by atoms with van der Waals surface area (Å²) in [6, 6.07) is -0.536. The van der Waals surface area contributed by atoms with Gasteiger partial charge >= 0.3 is 23.5 Å². The van der Waals surface area contributed by atoms with Gasteiger partial charge in [0.05, 0.1) is 25.2 Å². The van der Waals surface area contributed by atoms with Crippen molar-refractivity contribution in [1.29, 1.82) is 0 Å². The van der Waals surface area contributed by atoms with E-state index in [-0.39, 0.29) is 47.4 Å². The summed E-state index contributed by atoms with van der Waals surface area (Å²) in [5.74, 6) is -0.753. The molecule has 0 spiro atoms. The largest absolute Gasteiger partial charge is 0.481 e. The zero-order valence-corrected chi connectivity index (χ0v) is 35.7. The first-order valence-electron chi connectivity index (χ1n) is 17.1. The second-order valence-corrected chi connectivity index (χ2v) is 19.6. The number of aliphatic imine (C=N–C) groups is 1. The van der Waals surface area contributed by atoms with Gasteiger partial charge in [-0.2, -0.15) is 4.31 Å². The highest BCUT2D eigenvalue weighted by Crippen LogP contribution is 2.61. The summed E-state index contributed by atoms with van der Waals surface area (Å²) >= 11 is 2.39. The van der Waals surface area contributed by atoms with Crippen molar-refractivity contribution in [3.8, 4) is 0 Å². The average Bonchev–Trinajstić information content (AvgIpc) is 3.89. The molecule has 2 aliphatic heterocycles. The predicted octanol–water partition coefficient (Wildman–Crippen LogP) is -0.959. The molecule has 2 aliphatic rings. The van der Waals surface area contributed by atoms with E-state index in [0.717, 1.165) is 29.0 Å². The lowest BCUT2D eigenvalue weighted by atomic mass is 9.87. The van der Waals surface area contributed by atoms with E-state index in [2.05, 4.69) is 39.4 Å². The van der Waals surface area contributed by atoms with Crippen LogP contribution in [0.4, 0.5) is 5.82 Å². The molecule has 1 fully saturated rings. The summed E-state index contributed by atoms with van der Waals surface area (Å²) in [5, 5.41) is 26.9. The molecule has 1 saturated heterocycles. The SMILES string of the molecule is C/C=C(\N)C1=NC(C(=O)SCCNC(=O)CCNC(=O)C(O)C(C)(C)COP(=O)(O)OP(=O)(O)OCC2OC(n3cnc4c(N)ncnc43)C(O)C2OP(=O)(O)O)CS1. The number of carbonyl (C=O) groups excluding carboxylic acids is 3. The molecular formula is C28H44N9O17P3S2. The standard InChI is InChI=1S/C28H44N9O17P3S2/c1-4-14(29)25-36-15(10-59-25)27(42)58-8-7-31-17(38)5-6-32-24(41)21(40)28(2,3)11-51-57(48,49)54-56(46,47)50-9-16-20(53-55(43,44)45)19(39)26(52-16)37-13-35-18-22(30)33-12-34-23(18)37/h4,12-13,15-16,19-21,26,39-40H,5-11,29H2,1-3H3,(H,31,38)(H,32,41)(H,46,47)(H,48,49)(H2,30,33,34)(H2,43,44,45)/b14-4-. The topological polar surface area (TPSA) is 402 Å². The third-order valence-corrected chi connectivity index (χ3v) is 13.4. The summed E-state index contributed by atoms with van der Waals surface area (Å²) in [4.78, 5) is 92.5. The normalized spacial score (nSPS) is 24.0. The molecule has 0 aliphatic carbocycles. The van der Waals surface area contributed by atoms with Gasteiger partial charge in [-0.3, -0.25) is 37.5 Å². The Morgan fingerprint density at radius 1 is 1.12 bits per heavy atom. The van der Waals surface area contributed by atoms with Gasteiger partial charge in [0, 0.05) is 36.4 Å². The van der Waals surface area contributed by atoms with Crippen LogP contribution in [0, 0.1) is 5.41 Å². The second-order valence-electron chi connectivity index (χ2n) is 13.2. The van der Waals surface area contributed by atoms with Crippen LogP contribution in [-0.2, 0) is 50.7 Å². The smallest absolute Gasteiger partial charge is 0.397 e. The van der Waals surface area contributed by atoms with Crippen LogP contribution in [0.5, 0.6) is 0 Å². The van der Waals surface area contributed by atoms with E-state index < -0.39 is 90.6 Å². The van der Waals surface area contributed by atoms with Gasteiger partial charge in [0.2, 0.25) is 16.9 Å². The van der Waals surface area contributed by atoms with Crippen LogP contribution >= 0.6 is 47.0 Å². The Labute approximate surface area is 343 Å². The number of thioether (sulfide) groups is 2. The van der Waals surface area contributed by atoms with E-state index >= 15 is 0 Å². The van der Waals surface area contributed by atoms with Crippen molar-refractivity contribution in [2.45, 2.75) is 63.9 Å². The van der Waals surface area contributed by atoms with Gasteiger partial charge in [-0.25, -0.2) is 28.6 Å². The van der Waals surface area contributed by atoms with Gasteiger partial charge in [0.1, 0.15) is 47.3 Å². The number of imidazole rings is 1. The monoisotopic (exact) mass is 935 g/mol. The number of phosphoric acid groups is 3. The number of hydrogen-bond donors (Lipinski definition) is 10. The van der Waals surface area contributed by atoms with Crippen molar-refractivity contribution in [3.63, 3.8) is 0 Å². The van der Waals surface area contributed by atoms with Gasteiger partial charge < -0.3 is 56.6 Å². The number of hydrogen-bond acceptors (Lipinski definition) is 21. The maximum Gasteiger partial charge on any atom is 0.481 e. The molecule has 2 amide bonds. The van der Waals surface area contributed by atoms with Crippen molar-refractivity contribution in [2.24, 2.45) is 16.1 Å². The Bertz CT molecular complexity index is 2070.